The van der Waals surface area contributed by atoms with Crippen molar-refractivity contribution in [2.75, 3.05) is 13.6 Å². The fourth-order valence-electron chi connectivity index (χ4n) is 3.49. The van der Waals surface area contributed by atoms with Gasteiger partial charge in [-0.3, -0.25) is 14.6 Å². The van der Waals surface area contributed by atoms with Crippen molar-refractivity contribution < 1.29 is 17.6 Å². The van der Waals surface area contributed by atoms with Crippen molar-refractivity contribution in [1.82, 2.24) is 19.7 Å². The van der Waals surface area contributed by atoms with Crippen LogP contribution in [0.15, 0.2) is 42.6 Å². The minimum absolute atomic E-state index is 0.0424. The molecule has 146 valence electrons. The first kappa shape index (κ1) is 18.6. The summed E-state index contributed by atoms with van der Waals surface area (Å²) in [5.41, 5.74) is 3.63. The van der Waals surface area contributed by atoms with E-state index in [-0.39, 0.29) is 11.5 Å². The zero-order valence-electron chi connectivity index (χ0n) is 15.2. The Morgan fingerprint density at radius 3 is 2.50 bits per heavy atom. The smallest absolute Gasteiger partial charge is 0.299 e. The van der Waals surface area contributed by atoms with Gasteiger partial charge in [-0.15, -0.1) is 0 Å². The van der Waals surface area contributed by atoms with Crippen molar-refractivity contribution in [1.29, 1.82) is 0 Å². The van der Waals surface area contributed by atoms with Crippen LogP contribution >= 0.6 is 0 Å². The van der Waals surface area contributed by atoms with Crippen LogP contribution in [0, 0.1) is 5.82 Å². The summed E-state index contributed by atoms with van der Waals surface area (Å²) in [6.45, 7) is 2.13. The molecule has 0 aliphatic carbocycles. The lowest BCUT2D eigenvalue weighted by Crippen LogP contribution is -2.30. The lowest BCUT2D eigenvalue weighted by atomic mass is 9.98. The van der Waals surface area contributed by atoms with E-state index in [1.54, 1.807) is 18.2 Å². The molecule has 4 rings (SSSR count). The summed E-state index contributed by atoms with van der Waals surface area (Å²) < 4.78 is 53.7. The van der Waals surface area contributed by atoms with Gasteiger partial charge in [-0.1, -0.05) is 0 Å². The minimum atomic E-state index is -4.33. The molecule has 1 aromatic carbocycles. The van der Waals surface area contributed by atoms with Crippen molar-refractivity contribution in [3.05, 3.63) is 59.8 Å². The van der Waals surface area contributed by atoms with Crippen molar-refractivity contribution in [2.45, 2.75) is 25.7 Å². The molecular formula is C20H18F4N4. The molecule has 0 amide bonds. The summed E-state index contributed by atoms with van der Waals surface area (Å²) in [6.07, 6.45) is -4.03. The number of alkyl halides is 3. The maximum absolute atomic E-state index is 13.4. The molecule has 0 saturated carbocycles. The van der Waals surface area contributed by atoms with Crippen LogP contribution in [0.5, 0.6) is 0 Å². The van der Waals surface area contributed by atoms with Gasteiger partial charge in [0.25, 0.3) is 0 Å². The molecule has 0 atom stereocenters. The highest BCUT2D eigenvalue weighted by atomic mass is 19.4. The van der Waals surface area contributed by atoms with Crippen molar-refractivity contribution >= 4 is 0 Å². The van der Waals surface area contributed by atoms with Crippen molar-refractivity contribution in [3.63, 3.8) is 0 Å². The zero-order valence-corrected chi connectivity index (χ0v) is 15.2. The second-order valence-corrected chi connectivity index (χ2v) is 6.97. The van der Waals surface area contributed by atoms with E-state index < -0.39 is 12.6 Å². The van der Waals surface area contributed by atoms with Crippen molar-refractivity contribution in [3.8, 4) is 22.4 Å². The summed E-state index contributed by atoms with van der Waals surface area (Å²) in [5.74, 6) is -0.356. The van der Waals surface area contributed by atoms with Gasteiger partial charge in [0.1, 0.15) is 11.5 Å². The number of pyridine rings is 1. The van der Waals surface area contributed by atoms with Crippen LogP contribution < -0.4 is 0 Å². The fourth-order valence-corrected chi connectivity index (χ4v) is 3.49. The third-order valence-electron chi connectivity index (χ3n) is 4.78. The Morgan fingerprint density at radius 1 is 1.04 bits per heavy atom. The van der Waals surface area contributed by atoms with E-state index in [0.717, 1.165) is 23.4 Å². The normalized spacial score (nSPS) is 14.9. The van der Waals surface area contributed by atoms with E-state index in [4.69, 9.17) is 5.10 Å². The molecular weight excluding hydrogens is 372 g/mol. The first-order valence-electron chi connectivity index (χ1n) is 8.86. The average molecular weight is 390 g/mol. The fraction of sp³-hybridized carbons (Fsp3) is 0.300. The highest BCUT2D eigenvalue weighted by Gasteiger charge is 2.29. The Labute approximate surface area is 159 Å². The molecule has 0 bridgehead atoms. The van der Waals surface area contributed by atoms with Crippen LogP contribution in [0.3, 0.4) is 0 Å². The number of benzene rings is 1. The van der Waals surface area contributed by atoms with Gasteiger partial charge in [-0.05, 0) is 49.0 Å². The first-order chi connectivity index (χ1) is 13.3. The Balaban J connectivity index is 1.86. The second-order valence-electron chi connectivity index (χ2n) is 6.97. The molecule has 2 aromatic heterocycles. The predicted molar refractivity (Wildman–Crippen MR) is 96.9 cm³/mol. The maximum atomic E-state index is 13.4. The highest BCUT2D eigenvalue weighted by molar-refractivity contribution is 5.83. The van der Waals surface area contributed by atoms with Gasteiger partial charge in [0.2, 0.25) is 0 Å². The van der Waals surface area contributed by atoms with Crippen LogP contribution in [0.25, 0.3) is 22.4 Å². The monoisotopic (exact) mass is 390 g/mol. The third-order valence-corrected chi connectivity index (χ3v) is 4.78. The van der Waals surface area contributed by atoms with E-state index in [9.17, 15) is 17.6 Å². The molecule has 3 heterocycles. The van der Waals surface area contributed by atoms with Gasteiger partial charge in [0.15, 0.2) is 0 Å². The molecule has 0 unspecified atom stereocenters. The Morgan fingerprint density at radius 2 is 1.79 bits per heavy atom. The van der Waals surface area contributed by atoms with Crippen LogP contribution in [0.2, 0.25) is 0 Å². The number of halogens is 4. The molecule has 0 spiro atoms. The Kier molecular flexibility index (Phi) is 4.66. The summed E-state index contributed by atoms with van der Waals surface area (Å²) in [5, 5.41) is 4.69. The standard InChI is InChI=1S/C20H18F4N4/c1-27-8-9-28-17(12-27)18(19(26-28)13-2-4-15(21)5-3-13)14-6-7-25-16(10-14)11-20(22,23)24/h2-7,10H,8-9,11-12H2,1H3. The number of hydrogen-bond acceptors (Lipinski definition) is 3. The maximum Gasteiger partial charge on any atom is 0.394 e. The molecule has 3 aromatic rings. The summed E-state index contributed by atoms with van der Waals surface area (Å²) >= 11 is 0. The summed E-state index contributed by atoms with van der Waals surface area (Å²) in [6, 6.07) is 9.13. The van der Waals surface area contributed by atoms with E-state index >= 15 is 0 Å². The van der Waals surface area contributed by atoms with E-state index in [0.29, 0.717) is 24.3 Å². The number of fused-ring (bicyclic) bond motifs is 1. The SMILES string of the molecule is CN1CCn2nc(-c3ccc(F)cc3)c(-c3ccnc(CC(F)(F)F)c3)c2C1. The van der Waals surface area contributed by atoms with Gasteiger partial charge in [-0.25, -0.2) is 4.39 Å². The van der Waals surface area contributed by atoms with Crippen LogP contribution in [-0.2, 0) is 19.5 Å². The Bertz CT molecular complexity index is 992. The number of hydrogen-bond donors (Lipinski definition) is 0. The largest absolute Gasteiger partial charge is 0.394 e. The molecule has 4 nitrogen and oxygen atoms in total. The number of aromatic nitrogens is 3. The molecule has 0 N–H and O–H groups in total. The van der Waals surface area contributed by atoms with Crippen LogP contribution in [0.1, 0.15) is 11.4 Å². The summed E-state index contributed by atoms with van der Waals surface area (Å²) in [7, 11) is 1.99. The lowest BCUT2D eigenvalue weighted by molar-refractivity contribution is -0.127. The number of likely N-dealkylation sites (N-methyl/N-ethyl adjacent to an activating group) is 1. The lowest BCUT2D eigenvalue weighted by Gasteiger charge is -2.24. The molecule has 28 heavy (non-hydrogen) atoms. The van der Waals surface area contributed by atoms with Gasteiger partial charge in [0.05, 0.1) is 18.7 Å². The zero-order chi connectivity index (χ0) is 19.9. The van der Waals surface area contributed by atoms with Gasteiger partial charge < -0.3 is 0 Å². The third kappa shape index (κ3) is 3.77. The molecule has 8 heteroatoms. The highest BCUT2D eigenvalue weighted by Crippen LogP contribution is 2.37. The first-order valence-corrected chi connectivity index (χ1v) is 8.86. The number of nitrogens with zero attached hydrogens (tertiary/aromatic N) is 4. The molecule has 1 aliphatic heterocycles. The molecule has 1 aliphatic rings. The number of rotatable bonds is 3. The average Bonchev–Trinajstić information content (AvgIpc) is 2.99. The van der Waals surface area contributed by atoms with E-state index in [1.807, 2.05) is 11.7 Å². The topological polar surface area (TPSA) is 34.0 Å². The van der Waals surface area contributed by atoms with Crippen molar-refractivity contribution in [2.24, 2.45) is 0 Å². The van der Waals surface area contributed by atoms with Gasteiger partial charge in [0, 0.05) is 36.1 Å². The molecule has 0 radical (unpaired) electrons. The molecule has 0 saturated heterocycles. The van der Waals surface area contributed by atoms with Gasteiger partial charge in [-0.2, -0.15) is 18.3 Å². The van der Waals surface area contributed by atoms with E-state index in [1.165, 1.54) is 24.4 Å². The second kappa shape index (κ2) is 7.01. The minimum Gasteiger partial charge on any atom is -0.299 e. The summed E-state index contributed by atoms with van der Waals surface area (Å²) in [4.78, 5) is 6.00. The van der Waals surface area contributed by atoms with Crippen LogP contribution in [0.4, 0.5) is 17.6 Å². The van der Waals surface area contributed by atoms with E-state index in [2.05, 4.69) is 9.88 Å². The predicted octanol–water partition coefficient (Wildman–Crippen LogP) is 4.30. The quantitative estimate of drug-likeness (QED) is 0.626. The Hall–Kier alpha value is -2.74. The van der Waals surface area contributed by atoms with Crippen LogP contribution in [-0.4, -0.2) is 39.4 Å². The van der Waals surface area contributed by atoms with Gasteiger partial charge >= 0.3 is 6.18 Å². The molecule has 0 fully saturated rings.